The molecule has 0 radical (unpaired) electrons. The minimum atomic E-state index is -3.18. The number of aromatic nitrogens is 2. The third kappa shape index (κ3) is 3.45. The lowest BCUT2D eigenvalue weighted by atomic mass is 10.0. The van der Waals surface area contributed by atoms with Crippen molar-refractivity contribution < 1.29 is 22.5 Å². The highest BCUT2D eigenvalue weighted by molar-refractivity contribution is 7.91. The van der Waals surface area contributed by atoms with Crippen molar-refractivity contribution in [3.63, 3.8) is 0 Å². The Kier molecular flexibility index (Phi) is 4.88. The second-order valence-electron chi connectivity index (χ2n) is 6.16. The summed E-state index contributed by atoms with van der Waals surface area (Å²) >= 11 is 0. The summed E-state index contributed by atoms with van der Waals surface area (Å²) in [7, 11) is -1.72. The van der Waals surface area contributed by atoms with Gasteiger partial charge in [-0.2, -0.15) is 4.98 Å². The number of aryl methyl sites for hydroxylation is 1. The molecule has 2 saturated heterocycles. The van der Waals surface area contributed by atoms with E-state index in [-0.39, 0.29) is 36.1 Å². The number of sulfone groups is 1. The fraction of sp³-hybridized carbons (Fsp3) is 0.786. The van der Waals surface area contributed by atoms with Gasteiger partial charge < -0.3 is 14.2 Å². The van der Waals surface area contributed by atoms with Crippen molar-refractivity contribution in [3.05, 3.63) is 11.7 Å². The first-order chi connectivity index (χ1) is 11.4. The molecule has 2 aliphatic rings. The number of carbonyl (C=O) groups is 1. The number of hydrogen-bond acceptors (Lipinski definition) is 8. The van der Waals surface area contributed by atoms with Gasteiger partial charge in [-0.15, -0.1) is 0 Å². The molecular formula is C14H22N4O5S. The van der Waals surface area contributed by atoms with Gasteiger partial charge in [-0.1, -0.05) is 12.1 Å². The second-order valence-corrected chi connectivity index (χ2v) is 8.31. The van der Waals surface area contributed by atoms with Crippen molar-refractivity contribution in [1.29, 1.82) is 0 Å². The number of piperazine rings is 1. The summed E-state index contributed by atoms with van der Waals surface area (Å²) in [5, 5.41) is 3.87. The van der Waals surface area contributed by atoms with E-state index in [4.69, 9.17) is 9.26 Å². The highest BCUT2D eigenvalue weighted by Gasteiger charge is 2.48. The molecule has 0 unspecified atom stereocenters. The van der Waals surface area contributed by atoms with Crippen LogP contribution in [0.1, 0.15) is 18.6 Å². The number of carbonyl (C=O) groups excluding carboxylic acids is 1. The van der Waals surface area contributed by atoms with Crippen LogP contribution in [0, 0.1) is 0 Å². The maximum Gasteiger partial charge on any atom is 0.248 e. The Morgan fingerprint density at radius 1 is 1.33 bits per heavy atom. The fourth-order valence-electron chi connectivity index (χ4n) is 3.41. The summed E-state index contributed by atoms with van der Waals surface area (Å²) in [5.74, 6) is 0.980. The first-order valence-electron chi connectivity index (χ1n) is 7.98. The third-order valence-electron chi connectivity index (χ3n) is 4.54. The monoisotopic (exact) mass is 358 g/mol. The smallest absolute Gasteiger partial charge is 0.248 e. The van der Waals surface area contributed by atoms with Crippen LogP contribution >= 0.6 is 0 Å². The molecule has 3 heterocycles. The van der Waals surface area contributed by atoms with Crippen molar-refractivity contribution in [2.75, 3.05) is 38.3 Å². The number of fused-ring (bicyclic) bond motifs is 1. The van der Waals surface area contributed by atoms with Gasteiger partial charge in [-0.25, -0.2) is 8.42 Å². The van der Waals surface area contributed by atoms with E-state index in [1.165, 1.54) is 7.11 Å². The van der Waals surface area contributed by atoms with E-state index in [0.717, 1.165) is 0 Å². The summed E-state index contributed by atoms with van der Waals surface area (Å²) in [6.45, 7) is 3.33. The van der Waals surface area contributed by atoms with Gasteiger partial charge in [0, 0.05) is 32.7 Å². The molecular weight excluding hydrogens is 336 g/mol. The van der Waals surface area contributed by atoms with Crippen LogP contribution in [0.2, 0.25) is 0 Å². The number of nitrogens with zero attached hydrogens (tertiary/aromatic N) is 4. The lowest BCUT2D eigenvalue weighted by molar-refractivity contribution is -0.141. The van der Waals surface area contributed by atoms with Crippen LogP contribution in [0.4, 0.5) is 0 Å². The Hall–Kier alpha value is -1.52. The quantitative estimate of drug-likeness (QED) is 0.666. The van der Waals surface area contributed by atoms with Crippen molar-refractivity contribution in [2.24, 2.45) is 0 Å². The summed E-state index contributed by atoms with van der Waals surface area (Å²) in [6.07, 6.45) is 0.684. The van der Waals surface area contributed by atoms with Crippen molar-refractivity contribution in [3.8, 4) is 0 Å². The fourth-order valence-corrected chi connectivity index (χ4v) is 5.42. The predicted octanol–water partition coefficient (Wildman–Crippen LogP) is -0.912. The maximum atomic E-state index is 12.2. The van der Waals surface area contributed by atoms with Crippen LogP contribution in [-0.4, -0.2) is 84.7 Å². The van der Waals surface area contributed by atoms with Gasteiger partial charge in [0.25, 0.3) is 0 Å². The minimum Gasteiger partial charge on any atom is -0.375 e. The SMILES string of the molecule is CCc1noc(CN2CCN(C(=O)COC)[C@H]3CS(=O)(=O)C[C@H]32)n1. The lowest BCUT2D eigenvalue weighted by Crippen LogP contribution is -2.60. The molecule has 0 saturated carbocycles. The van der Waals surface area contributed by atoms with E-state index in [0.29, 0.717) is 37.8 Å². The number of rotatable bonds is 5. The van der Waals surface area contributed by atoms with E-state index in [1.54, 1.807) is 4.90 Å². The molecule has 10 heteroatoms. The molecule has 0 N–H and O–H groups in total. The highest BCUT2D eigenvalue weighted by atomic mass is 32.2. The zero-order chi connectivity index (χ0) is 17.3. The number of ether oxygens (including phenoxy) is 1. The van der Waals surface area contributed by atoms with Gasteiger partial charge in [-0.3, -0.25) is 9.69 Å². The molecule has 0 aliphatic carbocycles. The molecule has 3 rings (SSSR count). The number of methoxy groups -OCH3 is 1. The topological polar surface area (TPSA) is 106 Å². The van der Waals surface area contributed by atoms with E-state index >= 15 is 0 Å². The van der Waals surface area contributed by atoms with Gasteiger partial charge in [-0.05, 0) is 0 Å². The molecule has 1 aromatic heterocycles. The van der Waals surface area contributed by atoms with Crippen LogP contribution in [0.25, 0.3) is 0 Å². The van der Waals surface area contributed by atoms with Gasteiger partial charge in [0.05, 0.1) is 24.1 Å². The summed E-state index contributed by atoms with van der Waals surface area (Å²) in [4.78, 5) is 20.2. The Bertz CT molecular complexity index is 704. The molecule has 24 heavy (non-hydrogen) atoms. The lowest BCUT2D eigenvalue weighted by Gasteiger charge is -2.43. The highest BCUT2D eigenvalue weighted by Crippen LogP contribution is 2.28. The normalized spacial score (nSPS) is 26.5. The number of amides is 1. The predicted molar refractivity (Wildman–Crippen MR) is 83.9 cm³/mol. The summed E-state index contributed by atoms with van der Waals surface area (Å²) in [6, 6.07) is -0.596. The van der Waals surface area contributed by atoms with Crippen molar-refractivity contribution in [1.82, 2.24) is 19.9 Å². The standard InChI is InChI=1S/C14H22N4O5S/c1-3-12-15-13(23-16-12)6-17-4-5-18(14(19)7-22-2)11-9-24(20,21)8-10(11)17/h10-11H,3-9H2,1-2H3/t10-,11+/m1/s1. The molecule has 1 amide bonds. The van der Waals surface area contributed by atoms with Crippen molar-refractivity contribution >= 4 is 15.7 Å². The average molecular weight is 358 g/mol. The molecule has 0 spiro atoms. The van der Waals surface area contributed by atoms with Gasteiger partial charge in [0.1, 0.15) is 6.61 Å². The van der Waals surface area contributed by atoms with E-state index in [1.807, 2.05) is 11.8 Å². The first kappa shape index (κ1) is 17.3. The van der Waals surface area contributed by atoms with E-state index < -0.39 is 9.84 Å². The molecule has 0 aromatic carbocycles. The Morgan fingerprint density at radius 3 is 2.75 bits per heavy atom. The molecule has 9 nitrogen and oxygen atoms in total. The molecule has 2 aliphatic heterocycles. The average Bonchev–Trinajstić information content (AvgIpc) is 3.10. The van der Waals surface area contributed by atoms with Crippen LogP contribution in [0.15, 0.2) is 4.52 Å². The van der Waals surface area contributed by atoms with E-state index in [2.05, 4.69) is 10.1 Å². The van der Waals surface area contributed by atoms with Crippen LogP contribution in [0.5, 0.6) is 0 Å². The Morgan fingerprint density at radius 2 is 2.08 bits per heavy atom. The largest absolute Gasteiger partial charge is 0.375 e. The van der Waals surface area contributed by atoms with Gasteiger partial charge >= 0.3 is 0 Å². The van der Waals surface area contributed by atoms with Crippen LogP contribution < -0.4 is 0 Å². The van der Waals surface area contributed by atoms with Gasteiger partial charge in [0.15, 0.2) is 15.7 Å². The first-order valence-corrected chi connectivity index (χ1v) is 9.80. The summed E-state index contributed by atoms with van der Waals surface area (Å²) in [5.41, 5.74) is 0. The van der Waals surface area contributed by atoms with Crippen LogP contribution in [-0.2, 0) is 32.3 Å². The van der Waals surface area contributed by atoms with Gasteiger partial charge in [0.2, 0.25) is 11.8 Å². The maximum absolute atomic E-state index is 12.2. The summed E-state index contributed by atoms with van der Waals surface area (Å²) < 4.78 is 34.4. The minimum absolute atomic E-state index is 0.00629. The number of hydrogen-bond donors (Lipinski definition) is 0. The molecule has 2 atom stereocenters. The molecule has 0 bridgehead atoms. The Balaban J connectivity index is 1.77. The van der Waals surface area contributed by atoms with E-state index in [9.17, 15) is 13.2 Å². The Labute approximate surface area is 140 Å². The molecule has 1 aromatic rings. The van der Waals surface area contributed by atoms with Crippen LogP contribution in [0.3, 0.4) is 0 Å². The second kappa shape index (κ2) is 6.77. The third-order valence-corrected chi connectivity index (χ3v) is 6.24. The zero-order valence-corrected chi connectivity index (χ0v) is 14.7. The van der Waals surface area contributed by atoms with Crippen molar-refractivity contribution in [2.45, 2.75) is 32.0 Å². The molecule has 134 valence electrons. The zero-order valence-electron chi connectivity index (χ0n) is 13.8. The molecule has 2 fully saturated rings.